The molecule has 4 rings (SSSR count). The van der Waals surface area contributed by atoms with Crippen LogP contribution in [0, 0.1) is 0 Å². The van der Waals surface area contributed by atoms with Crippen LogP contribution < -0.4 is 10.1 Å². The number of carbonyl (C=O) groups is 1. The minimum Gasteiger partial charge on any atom is -0.497 e. The number of fused-ring (bicyclic) bond motifs is 1. The van der Waals surface area contributed by atoms with E-state index in [0.29, 0.717) is 12.5 Å². The zero-order chi connectivity index (χ0) is 19.3. The molecule has 1 aromatic carbocycles. The standard InChI is InChI=1S/C23H27N3O2/c1-28-19-11-7-8-17(14-19)20(15-23(27)25-18-9-3-2-4-10-18)21-16-24-22-12-5-6-13-26(21)22/h5-8,11-14,16,18,20H,2-4,9-10,15H2,1H3,(H,25,27). The number of carbonyl (C=O) groups excluding carboxylic acids is 1. The number of benzene rings is 1. The Kier molecular flexibility index (Phi) is 5.60. The second-order valence-corrected chi connectivity index (χ2v) is 7.55. The van der Waals surface area contributed by atoms with Crippen molar-refractivity contribution < 1.29 is 9.53 Å². The van der Waals surface area contributed by atoms with Gasteiger partial charge in [0.15, 0.2) is 0 Å². The highest BCUT2D eigenvalue weighted by molar-refractivity contribution is 5.78. The molecule has 0 bridgehead atoms. The summed E-state index contributed by atoms with van der Waals surface area (Å²) < 4.78 is 7.48. The van der Waals surface area contributed by atoms with Gasteiger partial charge in [-0.05, 0) is 42.7 Å². The maximum atomic E-state index is 12.9. The van der Waals surface area contributed by atoms with E-state index in [-0.39, 0.29) is 11.8 Å². The Labute approximate surface area is 165 Å². The van der Waals surface area contributed by atoms with Gasteiger partial charge in [-0.3, -0.25) is 4.79 Å². The van der Waals surface area contributed by atoms with E-state index in [1.807, 2.05) is 48.8 Å². The van der Waals surface area contributed by atoms with E-state index >= 15 is 0 Å². The topological polar surface area (TPSA) is 55.6 Å². The minimum atomic E-state index is -0.0870. The molecule has 1 N–H and O–H groups in total. The lowest BCUT2D eigenvalue weighted by atomic mass is 9.91. The van der Waals surface area contributed by atoms with E-state index in [4.69, 9.17) is 4.74 Å². The van der Waals surface area contributed by atoms with Crippen molar-refractivity contribution in [2.45, 2.75) is 50.5 Å². The number of rotatable bonds is 6. The van der Waals surface area contributed by atoms with Crippen molar-refractivity contribution in [2.24, 2.45) is 0 Å². The molecule has 0 aliphatic heterocycles. The molecule has 1 aliphatic rings. The Hall–Kier alpha value is -2.82. The summed E-state index contributed by atoms with van der Waals surface area (Å²) in [7, 11) is 1.66. The number of ether oxygens (including phenoxy) is 1. The van der Waals surface area contributed by atoms with Crippen LogP contribution in [0.1, 0.15) is 55.7 Å². The Bertz CT molecular complexity index is 944. The third-order valence-corrected chi connectivity index (χ3v) is 5.66. The Balaban J connectivity index is 1.64. The first-order valence-corrected chi connectivity index (χ1v) is 10.1. The van der Waals surface area contributed by atoms with Crippen molar-refractivity contribution in [3.8, 4) is 5.75 Å². The molecule has 1 aliphatic carbocycles. The van der Waals surface area contributed by atoms with E-state index < -0.39 is 0 Å². The molecule has 1 fully saturated rings. The third-order valence-electron chi connectivity index (χ3n) is 5.66. The molecule has 2 heterocycles. The van der Waals surface area contributed by atoms with Crippen LogP contribution in [0.15, 0.2) is 54.9 Å². The third kappa shape index (κ3) is 4.03. The summed E-state index contributed by atoms with van der Waals surface area (Å²) in [6.07, 6.45) is 10.1. The molecule has 5 heteroatoms. The van der Waals surface area contributed by atoms with Crippen molar-refractivity contribution >= 4 is 11.6 Å². The van der Waals surface area contributed by atoms with Gasteiger partial charge in [0.2, 0.25) is 5.91 Å². The predicted molar refractivity (Wildman–Crippen MR) is 110 cm³/mol. The molecule has 1 atom stereocenters. The Morgan fingerprint density at radius 3 is 2.89 bits per heavy atom. The number of nitrogens with one attached hydrogen (secondary N) is 1. The van der Waals surface area contributed by atoms with Crippen LogP contribution in [0.25, 0.3) is 5.65 Å². The van der Waals surface area contributed by atoms with Gasteiger partial charge in [0.05, 0.1) is 12.8 Å². The Morgan fingerprint density at radius 1 is 1.21 bits per heavy atom. The highest BCUT2D eigenvalue weighted by Gasteiger charge is 2.24. The molecule has 146 valence electrons. The number of methoxy groups -OCH3 is 1. The molecule has 0 radical (unpaired) electrons. The van der Waals surface area contributed by atoms with Gasteiger partial charge in [0.1, 0.15) is 11.4 Å². The molecule has 0 spiro atoms. The van der Waals surface area contributed by atoms with Gasteiger partial charge in [-0.2, -0.15) is 0 Å². The summed E-state index contributed by atoms with van der Waals surface area (Å²) in [5.74, 6) is 0.811. The van der Waals surface area contributed by atoms with Gasteiger partial charge in [0, 0.05) is 30.8 Å². The lowest BCUT2D eigenvalue weighted by Gasteiger charge is -2.24. The second-order valence-electron chi connectivity index (χ2n) is 7.55. The molecular formula is C23H27N3O2. The van der Waals surface area contributed by atoms with Crippen molar-refractivity contribution in [3.63, 3.8) is 0 Å². The number of hydrogen-bond acceptors (Lipinski definition) is 3. The van der Waals surface area contributed by atoms with Crippen LogP contribution in [0.5, 0.6) is 5.75 Å². The summed E-state index contributed by atoms with van der Waals surface area (Å²) in [6, 6.07) is 14.2. The highest BCUT2D eigenvalue weighted by atomic mass is 16.5. The van der Waals surface area contributed by atoms with Crippen molar-refractivity contribution in [2.75, 3.05) is 7.11 Å². The summed E-state index contributed by atoms with van der Waals surface area (Å²) in [4.78, 5) is 17.4. The fraction of sp³-hybridized carbons (Fsp3) is 0.391. The average molecular weight is 377 g/mol. The molecule has 28 heavy (non-hydrogen) atoms. The van der Waals surface area contributed by atoms with E-state index in [2.05, 4.69) is 20.8 Å². The molecule has 2 aromatic heterocycles. The van der Waals surface area contributed by atoms with Gasteiger partial charge >= 0.3 is 0 Å². The predicted octanol–water partition coefficient (Wildman–Crippen LogP) is 4.31. The number of hydrogen-bond donors (Lipinski definition) is 1. The molecule has 3 aromatic rings. The summed E-state index contributed by atoms with van der Waals surface area (Å²) in [5, 5.41) is 3.26. The summed E-state index contributed by atoms with van der Waals surface area (Å²) in [6.45, 7) is 0. The fourth-order valence-corrected chi connectivity index (χ4v) is 4.18. The minimum absolute atomic E-state index is 0.0870. The number of amides is 1. The van der Waals surface area contributed by atoms with Crippen LogP contribution in [0.3, 0.4) is 0 Å². The second kappa shape index (κ2) is 8.46. The number of pyridine rings is 1. The Morgan fingerprint density at radius 2 is 2.07 bits per heavy atom. The van der Waals surface area contributed by atoms with E-state index in [9.17, 15) is 4.79 Å². The van der Waals surface area contributed by atoms with Crippen molar-refractivity contribution in [1.82, 2.24) is 14.7 Å². The first-order chi connectivity index (χ1) is 13.7. The molecule has 1 saturated carbocycles. The zero-order valence-corrected chi connectivity index (χ0v) is 16.3. The zero-order valence-electron chi connectivity index (χ0n) is 16.3. The number of imidazole rings is 1. The molecule has 1 amide bonds. The van der Waals surface area contributed by atoms with Gasteiger partial charge in [-0.15, -0.1) is 0 Å². The van der Waals surface area contributed by atoms with E-state index in [1.165, 1.54) is 19.3 Å². The van der Waals surface area contributed by atoms with Gasteiger partial charge in [-0.1, -0.05) is 37.5 Å². The van der Waals surface area contributed by atoms with Crippen LogP contribution in [-0.4, -0.2) is 28.4 Å². The largest absolute Gasteiger partial charge is 0.497 e. The number of nitrogens with zero attached hydrogens (tertiary/aromatic N) is 2. The normalized spacial score (nSPS) is 16.0. The van der Waals surface area contributed by atoms with Crippen molar-refractivity contribution in [3.05, 3.63) is 66.1 Å². The summed E-state index contributed by atoms with van der Waals surface area (Å²) >= 11 is 0. The first-order valence-electron chi connectivity index (χ1n) is 10.1. The summed E-state index contributed by atoms with van der Waals surface area (Å²) in [5.41, 5.74) is 2.96. The lowest BCUT2D eigenvalue weighted by Crippen LogP contribution is -2.37. The first kappa shape index (κ1) is 18.5. The van der Waals surface area contributed by atoms with E-state index in [1.54, 1.807) is 7.11 Å². The van der Waals surface area contributed by atoms with E-state index in [0.717, 1.165) is 35.5 Å². The molecule has 5 nitrogen and oxygen atoms in total. The molecular weight excluding hydrogens is 350 g/mol. The average Bonchev–Trinajstić information content (AvgIpc) is 3.17. The van der Waals surface area contributed by atoms with Crippen molar-refractivity contribution in [1.29, 1.82) is 0 Å². The van der Waals surface area contributed by atoms with Crippen LogP contribution in [0.2, 0.25) is 0 Å². The van der Waals surface area contributed by atoms with Crippen LogP contribution in [0.4, 0.5) is 0 Å². The van der Waals surface area contributed by atoms with Crippen LogP contribution >= 0.6 is 0 Å². The number of aromatic nitrogens is 2. The maximum Gasteiger partial charge on any atom is 0.221 e. The fourth-order valence-electron chi connectivity index (χ4n) is 4.18. The smallest absolute Gasteiger partial charge is 0.221 e. The van der Waals surface area contributed by atoms with Gasteiger partial charge in [0.25, 0.3) is 0 Å². The molecule has 0 saturated heterocycles. The monoisotopic (exact) mass is 377 g/mol. The molecule has 1 unspecified atom stereocenters. The lowest BCUT2D eigenvalue weighted by molar-refractivity contribution is -0.122. The SMILES string of the molecule is COc1cccc(C(CC(=O)NC2CCCCC2)c2cnc3ccccn23)c1. The quantitative estimate of drug-likeness (QED) is 0.696. The van der Waals surface area contributed by atoms with Gasteiger partial charge < -0.3 is 14.5 Å². The van der Waals surface area contributed by atoms with Gasteiger partial charge in [-0.25, -0.2) is 4.98 Å². The van der Waals surface area contributed by atoms with Crippen LogP contribution in [-0.2, 0) is 4.79 Å². The highest BCUT2D eigenvalue weighted by Crippen LogP contribution is 2.31. The maximum absolute atomic E-state index is 12.9.